The van der Waals surface area contributed by atoms with Gasteiger partial charge >= 0.3 is 0 Å². The highest BCUT2D eigenvalue weighted by Gasteiger charge is 2.47. The van der Waals surface area contributed by atoms with Crippen LogP contribution in [-0.4, -0.2) is 15.0 Å². The van der Waals surface area contributed by atoms with Crippen molar-refractivity contribution in [2.45, 2.75) is 5.41 Å². The Hall–Kier alpha value is -7.63. The van der Waals surface area contributed by atoms with E-state index in [-0.39, 0.29) is 0 Å². The van der Waals surface area contributed by atoms with E-state index in [2.05, 4.69) is 127 Å². The normalized spacial score (nSPS) is 13.1. The zero-order valence-electron chi connectivity index (χ0n) is 30.6. The van der Waals surface area contributed by atoms with Gasteiger partial charge in [-0.25, -0.2) is 15.0 Å². The fraction of sp³-hybridized carbons (Fsp3) is 0.0192. The Morgan fingerprint density at radius 2 is 0.719 bits per heavy atom. The maximum Gasteiger partial charge on any atom is 0.167 e. The second-order valence-electron chi connectivity index (χ2n) is 14.6. The van der Waals surface area contributed by atoms with Gasteiger partial charge in [-0.05, 0) is 57.6 Å². The van der Waals surface area contributed by atoms with E-state index in [0.29, 0.717) is 17.5 Å². The van der Waals surface area contributed by atoms with E-state index in [1.165, 1.54) is 22.3 Å². The molecule has 0 saturated carbocycles. The van der Waals surface area contributed by atoms with Gasteiger partial charge in [0.2, 0.25) is 0 Å². The lowest BCUT2D eigenvalue weighted by atomic mass is 9.67. The zero-order chi connectivity index (χ0) is 37.5. The molecule has 0 amide bonds. The minimum absolute atomic E-state index is 0.522. The van der Waals surface area contributed by atoms with Gasteiger partial charge < -0.3 is 8.83 Å². The molecule has 11 aromatic rings. The largest absolute Gasteiger partial charge is 0.455 e. The van der Waals surface area contributed by atoms with Crippen LogP contribution in [0.5, 0.6) is 0 Å². The van der Waals surface area contributed by atoms with Crippen LogP contribution in [0.25, 0.3) is 89.2 Å². The summed E-state index contributed by atoms with van der Waals surface area (Å²) >= 11 is 0. The summed E-state index contributed by atoms with van der Waals surface area (Å²) < 4.78 is 13.1. The smallest absolute Gasteiger partial charge is 0.167 e. The van der Waals surface area contributed by atoms with Gasteiger partial charge in [-0.2, -0.15) is 0 Å². The lowest BCUT2D eigenvalue weighted by molar-refractivity contribution is 0.669. The Bertz CT molecular complexity index is 3190. The monoisotopic (exact) mass is 729 g/mol. The van der Waals surface area contributed by atoms with Crippen LogP contribution in [0.3, 0.4) is 0 Å². The van der Waals surface area contributed by atoms with Crippen molar-refractivity contribution >= 4 is 43.9 Å². The molecule has 5 heteroatoms. The Morgan fingerprint density at radius 3 is 1.30 bits per heavy atom. The number of rotatable bonds is 5. The van der Waals surface area contributed by atoms with E-state index >= 15 is 0 Å². The molecule has 5 nitrogen and oxygen atoms in total. The quantitative estimate of drug-likeness (QED) is 0.176. The van der Waals surface area contributed by atoms with E-state index in [1.54, 1.807) is 0 Å². The highest BCUT2D eigenvalue weighted by molar-refractivity contribution is 6.10. The number of aromatic nitrogens is 3. The molecule has 0 saturated heterocycles. The van der Waals surface area contributed by atoms with Crippen LogP contribution in [0.2, 0.25) is 0 Å². The van der Waals surface area contributed by atoms with E-state index in [0.717, 1.165) is 71.7 Å². The highest BCUT2D eigenvalue weighted by Crippen LogP contribution is 2.58. The molecule has 0 aliphatic heterocycles. The molecule has 0 N–H and O–H groups in total. The first kappa shape index (κ1) is 31.7. The molecule has 266 valence electrons. The molecule has 57 heavy (non-hydrogen) atoms. The molecule has 0 unspecified atom stereocenters. The molecule has 0 fully saturated rings. The van der Waals surface area contributed by atoms with Gasteiger partial charge in [0.05, 0.1) is 16.5 Å². The topological polar surface area (TPSA) is 65.0 Å². The van der Waals surface area contributed by atoms with E-state index in [1.807, 2.05) is 60.7 Å². The molecular weight excluding hydrogens is 699 g/mol. The van der Waals surface area contributed by atoms with Gasteiger partial charge in [0.15, 0.2) is 17.5 Å². The lowest BCUT2D eigenvalue weighted by Crippen LogP contribution is -2.28. The van der Waals surface area contributed by atoms with Crippen LogP contribution in [0.4, 0.5) is 0 Å². The summed E-state index contributed by atoms with van der Waals surface area (Å²) in [4.78, 5) is 16.0. The molecule has 0 atom stereocenters. The van der Waals surface area contributed by atoms with Crippen LogP contribution in [-0.2, 0) is 5.41 Å². The van der Waals surface area contributed by atoms with Crippen LogP contribution in [0.15, 0.2) is 197 Å². The Balaban J connectivity index is 1.18. The predicted octanol–water partition coefficient (Wildman–Crippen LogP) is 13.0. The number of fused-ring (bicyclic) bond motifs is 9. The molecule has 1 aliphatic rings. The summed E-state index contributed by atoms with van der Waals surface area (Å²) in [5, 5.41) is 4.12. The number of benzene rings is 8. The van der Waals surface area contributed by atoms with Gasteiger partial charge in [-0.15, -0.1) is 0 Å². The maximum atomic E-state index is 6.57. The number of nitrogens with zero attached hydrogens (tertiary/aromatic N) is 3. The number of hydrogen-bond donors (Lipinski definition) is 0. The second kappa shape index (κ2) is 12.2. The van der Waals surface area contributed by atoms with Crippen LogP contribution < -0.4 is 0 Å². The first-order valence-electron chi connectivity index (χ1n) is 19.2. The lowest BCUT2D eigenvalue weighted by Gasteiger charge is -2.33. The number of para-hydroxylation sites is 4. The molecular formula is C52H31N3O2. The summed E-state index contributed by atoms with van der Waals surface area (Å²) in [7, 11) is 0. The van der Waals surface area contributed by atoms with Crippen molar-refractivity contribution in [2.24, 2.45) is 0 Å². The molecule has 0 radical (unpaired) electrons. The van der Waals surface area contributed by atoms with Gasteiger partial charge in [0, 0.05) is 27.1 Å². The van der Waals surface area contributed by atoms with Crippen LogP contribution in [0.1, 0.15) is 22.3 Å². The Morgan fingerprint density at radius 1 is 0.316 bits per heavy atom. The zero-order valence-corrected chi connectivity index (χ0v) is 30.6. The third-order valence-corrected chi connectivity index (χ3v) is 11.6. The van der Waals surface area contributed by atoms with Gasteiger partial charge in [0.1, 0.15) is 22.3 Å². The van der Waals surface area contributed by atoms with Crippen molar-refractivity contribution in [3.8, 4) is 45.3 Å². The minimum Gasteiger partial charge on any atom is -0.455 e. The average molecular weight is 730 g/mol. The van der Waals surface area contributed by atoms with Crippen molar-refractivity contribution < 1.29 is 8.83 Å². The van der Waals surface area contributed by atoms with Crippen LogP contribution >= 0.6 is 0 Å². The summed E-state index contributed by atoms with van der Waals surface area (Å²) in [5.74, 6) is 1.61. The molecule has 8 aromatic carbocycles. The predicted molar refractivity (Wildman–Crippen MR) is 228 cm³/mol. The van der Waals surface area contributed by atoms with Gasteiger partial charge in [-0.3, -0.25) is 0 Å². The fourth-order valence-corrected chi connectivity index (χ4v) is 9.26. The standard InChI is InChI=1S/C52H31N3O2/c1-3-16-32(17-4-1)52(33-18-5-2-6-19-33)42-28-10-7-22-38(42)46-39(25-15-29-43(46)52)49-53-50(40-26-13-23-36-34-20-8-11-30-44(34)56-47(36)40)55-51(54-49)41-27-14-24-37-35-21-9-12-31-45(35)57-48(37)41/h1-31H. The molecule has 12 rings (SSSR count). The third kappa shape index (κ3) is 4.54. The number of furan rings is 2. The Labute approximate surface area is 327 Å². The van der Waals surface area contributed by atoms with E-state index < -0.39 is 5.41 Å². The van der Waals surface area contributed by atoms with E-state index in [4.69, 9.17) is 23.8 Å². The fourth-order valence-electron chi connectivity index (χ4n) is 9.26. The van der Waals surface area contributed by atoms with Gasteiger partial charge in [0.25, 0.3) is 0 Å². The van der Waals surface area contributed by atoms with Crippen molar-refractivity contribution in [1.29, 1.82) is 0 Å². The van der Waals surface area contributed by atoms with E-state index in [9.17, 15) is 0 Å². The molecule has 1 aliphatic carbocycles. The summed E-state index contributed by atoms with van der Waals surface area (Å²) in [6.45, 7) is 0. The first-order valence-corrected chi connectivity index (χ1v) is 19.2. The molecule has 3 aromatic heterocycles. The summed E-state index contributed by atoms with van der Waals surface area (Å²) in [5.41, 5.74) is 12.1. The molecule has 0 spiro atoms. The summed E-state index contributed by atoms with van der Waals surface area (Å²) in [6, 6.07) is 65.6. The van der Waals surface area contributed by atoms with Crippen molar-refractivity contribution in [1.82, 2.24) is 15.0 Å². The minimum atomic E-state index is -0.567. The highest BCUT2D eigenvalue weighted by atomic mass is 16.3. The molecule has 0 bridgehead atoms. The Kier molecular flexibility index (Phi) is 6.78. The van der Waals surface area contributed by atoms with Crippen LogP contribution in [0, 0.1) is 0 Å². The average Bonchev–Trinajstić information content (AvgIpc) is 3.95. The number of hydrogen-bond acceptors (Lipinski definition) is 5. The van der Waals surface area contributed by atoms with Crippen molar-refractivity contribution in [3.63, 3.8) is 0 Å². The second-order valence-corrected chi connectivity index (χ2v) is 14.6. The third-order valence-electron chi connectivity index (χ3n) is 11.6. The first-order chi connectivity index (χ1) is 28.3. The van der Waals surface area contributed by atoms with Crippen molar-refractivity contribution in [3.05, 3.63) is 210 Å². The molecule has 3 heterocycles. The maximum absolute atomic E-state index is 6.57. The SMILES string of the molecule is c1ccc(C2(c3ccccc3)c3ccccc3-c3c(-c4nc(-c5cccc6c5oc5ccccc56)nc(-c5cccc6c5oc5ccccc56)n4)cccc32)cc1. The summed E-state index contributed by atoms with van der Waals surface area (Å²) in [6.07, 6.45) is 0. The van der Waals surface area contributed by atoms with Crippen molar-refractivity contribution in [2.75, 3.05) is 0 Å². The van der Waals surface area contributed by atoms with Gasteiger partial charge in [-0.1, -0.05) is 164 Å².